The van der Waals surface area contributed by atoms with Gasteiger partial charge in [0.2, 0.25) is 5.91 Å². The summed E-state index contributed by atoms with van der Waals surface area (Å²) in [6, 6.07) is 11.3. The van der Waals surface area contributed by atoms with Gasteiger partial charge in [-0.15, -0.1) is 0 Å². The van der Waals surface area contributed by atoms with Gasteiger partial charge in [0.05, 0.1) is 5.56 Å². The number of nitrogens with one attached hydrogen (secondary N) is 2. The van der Waals surface area contributed by atoms with E-state index in [1.165, 1.54) is 0 Å². The molecule has 0 spiro atoms. The Morgan fingerprint density at radius 1 is 1.19 bits per heavy atom. The summed E-state index contributed by atoms with van der Waals surface area (Å²) < 4.78 is 0. The molecule has 1 saturated carbocycles. The first kappa shape index (κ1) is 16.6. The van der Waals surface area contributed by atoms with Gasteiger partial charge < -0.3 is 15.5 Å². The van der Waals surface area contributed by atoms with Crippen molar-refractivity contribution >= 4 is 23.3 Å². The second kappa shape index (κ2) is 6.44. The maximum absolute atomic E-state index is 12.4. The number of rotatable bonds is 3. The largest absolute Gasteiger partial charge is 0.335 e. The van der Waals surface area contributed by atoms with Crippen molar-refractivity contribution in [3.8, 4) is 0 Å². The number of fused-ring (bicyclic) bond motifs is 1. The van der Waals surface area contributed by atoms with Gasteiger partial charge in [0, 0.05) is 24.3 Å². The smallest absolute Gasteiger partial charge is 0.256 e. The molecule has 2 heterocycles. The number of hydrogen-bond acceptors (Lipinski definition) is 4. The Bertz CT molecular complexity index is 859. The lowest BCUT2D eigenvalue weighted by Gasteiger charge is -2.35. The van der Waals surface area contributed by atoms with Crippen LogP contribution in [0.4, 0.5) is 11.5 Å². The third-order valence-electron chi connectivity index (χ3n) is 5.22. The van der Waals surface area contributed by atoms with Gasteiger partial charge in [-0.3, -0.25) is 9.59 Å². The molecule has 2 aliphatic rings. The SMILES string of the molecule is Cc1ccc2c(n1)N(C)[C@H](c1ccc(NC(=O)C3CCC3)cc1)NC2=O. The number of pyridine rings is 1. The highest BCUT2D eigenvalue weighted by molar-refractivity contribution is 6.01. The Balaban J connectivity index is 1.54. The van der Waals surface area contributed by atoms with Crippen molar-refractivity contribution in [2.75, 3.05) is 17.3 Å². The van der Waals surface area contributed by atoms with Crippen LogP contribution in [0.15, 0.2) is 36.4 Å². The number of aryl methyl sites for hydroxylation is 1. The number of amides is 2. The highest BCUT2D eigenvalue weighted by atomic mass is 16.2. The van der Waals surface area contributed by atoms with E-state index in [4.69, 9.17) is 0 Å². The van der Waals surface area contributed by atoms with Crippen LogP contribution in [0.3, 0.4) is 0 Å². The average molecular weight is 350 g/mol. The van der Waals surface area contributed by atoms with Crippen molar-refractivity contribution < 1.29 is 9.59 Å². The Morgan fingerprint density at radius 2 is 1.92 bits per heavy atom. The monoisotopic (exact) mass is 350 g/mol. The molecule has 0 radical (unpaired) electrons. The number of hydrogen-bond donors (Lipinski definition) is 2. The summed E-state index contributed by atoms with van der Waals surface area (Å²) in [6.07, 6.45) is 2.81. The fourth-order valence-corrected chi connectivity index (χ4v) is 3.38. The molecule has 1 aliphatic heterocycles. The van der Waals surface area contributed by atoms with Gasteiger partial charge in [-0.2, -0.15) is 0 Å². The first-order chi connectivity index (χ1) is 12.5. The summed E-state index contributed by atoms with van der Waals surface area (Å²) >= 11 is 0. The molecule has 134 valence electrons. The molecule has 1 aliphatic carbocycles. The zero-order valence-corrected chi connectivity index (χ0v) is 15.0. The molecule has 0 saturated heterocycles. The number of carbonyl (C=O) groups is 2. The maximum Gasteiger partial charge on any atom is 0.256 e. The lowest BCUT2D eigenvalue weighted by Crippen LogP contribution is -2.45. The molecule has 2 amide bonds. The molecule has 26 heavy (non-hydrogen) atoms. The quantitative estimate of drug-likeness (QED) is 0.892. The van der Waals surface area contributed by atoms with Crippen LogP contribution in [-0.2, 0) is 4.79 Å². The summed E-state index contributed by atoms with van der Waals surface area (Å²) in [4.78, 5) is 31.0. The van der Waals surface area contributed by atoms with Gasteiger partial charge >= 0.3 is 0 Å². The minimum Gasteiger partial charge on any atom is -0.335 e. The molecule has 2 aromatic rings. The van der Waals surface area contributed by atoms with Crippen molar-refractivity contribution in [1.82, 2.24) is 10.3 Å². The number of carbonyl (C=O) groups excluding carboxylic acids is 2. The molecule has 6 nitrogen and oxygen atoms in total. The summed E-state index contributed by atoms with van der Waals surface area (Å²) in [5.41, 5.74) is 3.18. The van der Waals surface area contributed by atoms with E-state index in [0.717, 1.165) is 36.2 Å². The van der Waals surface area contributed by atoms with E-state index in [1.54, 1.807) is 6.07 Å². The number of nitrogens with zero attached hydrogens (tertiary/aromatic N) is 2. The van der Waals surface area contributed by atoms with E-state index in [9.17, 15) is 9.59 Å². The van der Waals surface area contributed by atoms with E-state index in [-0.39, 0.29) is 23.9 Å². The molecular weight excluding hydrogens is 328 g/mol. The van der Waals surface area contributed by atoms with Crippen molar-refractivity contribution in [2.24, 2.45) is 5.92 Å². The van der Waals surface area contributed by atoms with E-state index >= 15 is 0 Å². The minimum atomic E-state index is -0.291. The summed E-state index contributed by atoms with van der Waals surface area (Å²) in [7, 11) is 1.92. The van der Waals surface area contributed by atoms with Crippen LogP contribution in [0.5, 0.6) is 0 Å². The van der Waals surface area contributed by atoms with E-state index in [2.05, 4.69) is 15.6 Å². The third kappa shape index (κ3) is 2.92. The van der Waals surface area contributed by atoms with Gasteiger partial charge in [-0.1, -0.05) is 18.6 Å². The van der Waals surface area contributed by atoms with Crippen LogP contribution in [0, 0.1) is 12.8 Å². The van der Waals surface area contributed by atoms with Gasteiger partial charge in [0.15, 0.2) is 0 Å². The van der Waals surface area contributed by atoms with Gasteiger partial charge in [0.25, 0.3) is 5.91 Å². The average Bonchev–Trinajstić information content (AvgIpc) is 2.57. The molecule has 1 atom stereocenters. The number of aromatic nitrogens is 1. The second-order valence-electron chi connectivity index (χ2n) is 7.05. The summed E-state index contributed by atoms with van der Waals surface area (Å²) in [5, 5.41) is 5.98. The summed E-state index contributed by atoms with van der Waals surface area (Å²) in [5.74, 6) is 0.809. The Morgan fingerprint density at radius 3 is 2.58 bits per heavy atom. The highest BCUT2D eigenvalue weighted by Gasteiger charge is 2.30. The zero-order chi connectivity index (χ0) is 18.3. The van der Waals surface area contributed by atoms with Gasteiger partial charge in [-0.05, 0) is 49.6 Å². The summed E-state index contributed by atoms with van der Waals surface area (Å²) in [6.45, 7) is 1.91. The fraction of sp³-hybridized carbons (Fsp3) is 0.350. The first-order valence-corrected chi connectivity index (χ1v) is 8.95. The van der Waals surface area contributed by atoms with E-state index in [0.29, 0.717) is 11.4 Å². The molecule has 0 unspecified atom stereocenters. The Kier molecular flexibility index (Phi) is 4.11. The van der Waals surface area contributed by atoms with Crippen LogP contribution in [-0.4, -0.2) is 23.8 Å². The molecule has 4 rings (SSSR count). The fourth-order valence-electron chi connectivity index (χ4n) is 3.38. The second-order valence-corrected chi connectivity index (χ2v) is 7.05. The van der Waals surface area contributed by atoms with Crippen molar-refractivity contribution in [3.05, 3.63) is 53.2 Å². The van der Waals surface area contributed by atoms with Crippen molar-refractivity contribution in [3.63, 3.8) is 0 Å². The third-order valence-corrected chi connectivity index (χ3v) is 5.22. The Labute approximate surface area is 152 Å². The standard InChI is InChI=1S/C20H22N4O2/c1-12-6-11-16-18(21-12)24(2)17(23-20(16)26)13-7-9-15(10-8-13)22-19(25)14-4-3-5-14/h6-11,14,17H,3-5H2,1-2H3,(H,22,25)(H,23,26)/t17-/m1/s1. The topological polar surface area (TPSA) is 74.3 Å². The number of benzene rings is 1. The molecule has 2 N–H and O–H groups in total. The lowest BCUT2D eigenvalue weighted by atomic mass is 9.85. The van der Waals surface area contributed by atoms with E-state index in [1.807, 2.05) is 49.2 Å². The molecule has 1 aromatic carbocycles. The van der Waals surface area contributed by atoms with E-state index < -0.39 is 0 Å². The maximum atomic E-state index is 12.4. The van der Waals surface area contributed by atoms with Gasteiger partial charge in [0.1, 0.15) is 12.0 Å². The van der Waals surface area contributed by atoms with Crippen LogP contribution in [0.1, 0.15) is 47.0 Å². The van der Waals surface area contributed by atoms with Crippen LogP contribution < -0.4 is 15.5 Å². The molecular formula is C20H22N4O2. The predicted molar refractivity (Wildman–Crippen MR) is 100.0 cm³/mol. The first-order valence-electron chi connectivity index (χ1n) is 8.95. The van der Waals surface area contributed by atoms with Gasteiger partial charge in [-0.25, -0.2) is 4.98 Å². The molecule has 0 bridgehead atoms. The lowest BCUT2D eigenvalue weighted by molar-refractivity contribution is -0.122. The van der Waals surface area contributed by atoms with Crippen LogP contribution in [0.2, 0.25) is 0 Å². The van der Waals surface area contributed by atoms with Crippen LogP contribution in [0.25, 0.3) is 0 Å². The highest BCUT2D eigenvalue weighted by Crippen LogP contribution is 2.31. The van der Waals surface area contributed by atoms with Crippen molar-refractivity contribution in [2.45, 2.75) is 32.4 Å². The van der Waals surface area contributed by atoms with Crippen LogP contribution >= 0.6 is 0 Å². The number of anilines is 2. The normalized spacial score (nSPS) is 19.4. The Hall–Kier alpha value is -2.89. The predicted octanol–water partition coefficient (Wildman–Crippen LogP) is 3.01. The molecule has 1 aromatic heterocycles. The molecule has 6 heteroatoms. The van der Waals surface area contributed by atoms with Crippen molar-refractivity contribution in [1.29, 1.82) is 0 Å². The molecule has 1 fully saturated rings. The zero-order valence-electron chi connectivity index (χ0n) is 15.0. The minimum absolute atomic E-state index is 0.0979.